The van der Waals surface area contributed by atoms with Crippen molar-refractivity contribution >= 4 is 45.9 Å². The fourth-order valence-electron chi connectivity index (χ4n) is 5.33. The summed E-state index contributed by atoms with van der Waals surface area (Å²) in [4.78, 5) is 32.4. The number of fused-ring (bicyclic) bond motifs is 2. The highest BCUT2D eigenvalue weighted by Crippen LogP contribution is 2.31. The highest BCUT2D eigenvalue weighted by molar-refractivity contribution is 7.07. The van der Waals surface area contributed by atoms with E-state index in [1.54, 1.807) is 18.4 Å². The molecule has 6 rings (SSSR count). The highest BCUT2D eigenvalue weighted by atomic mass is 35.5. The van der Waals surface area contributed by atoms with Gasteiger partial charge in [0.05, 0.1) is 28.5 Å². The van der Waals surface area contributed by atoms with Gasteiger partial charge in [-0.3, -0.25) is 9.36 Å². The average Bonchev–Trinajstić information content (AvgIpc) is 3.46. The summed E-state index contributed by atoms with van der Waals surface area (Å²) < 4.78 is 9.72. The van der Waals surface area contributed by atoms with Crippen LogP contribution in [-0.2, 0) is 16.1 Å². The summed E-state index contributed by atoms with van der Waals surface area (Å²) in [6.45, 7) is 6.41. The molecule has 3 heterocycles. The van der Waals surface area contributed by atoms with Crippen LogP contribution in [-0.4, -0.2) is 21.7 Å². The number of hydrogen-bond acceptors (Lipinski definition) is 5. The minimum atomic E-state index is -0.630. The fourth-order valence-corrected chi connectivity index (χ4v) is 6.56. The van der Waals surface area contributed by atoms with Gasteiger partial charge in [-0.05, 0) is 50.1 Å². The Kier molecular flexibility index (Phi) is 7.24. The molecule has 1 atom stereocenters. The van der Waals surface area contributed by atoms with E-state index in [2.05, 4.69) is 22.9 Å². The molecule has 0 aliphatic carbocycles. The van der Waals surface area contributed by atoms with E-state index in [9.17, 15) is 9.59 Å². The van der Waals surface area contributed by atoms with Crippen LogP contribution in [0.15, 0.2) is 100 Å². The number of hydrogen-bond donors (Lipinski definition) is 0. The third-order valence-electron chi connectivity index (χ3n) is 7.31. The predicted molar refractivity (Wildman–Crippen MR) is 164 cm³/mol. The van der Waals surface area contributed by atoms with Gasteiger partial charge in [-0.15, -0.1) is 0 Å². The number of nitrogens with zero attached hydrogens (tertiary/aromatic N) is 3. The first-order valence-electron chi connectivity index (χ1n) is 13.4. The molecule has 6 nitrogen and oxygen atoms in total. The van der Waals surface area contributed by atoms with Crippen molar-refractivity contribution in [1.82, 2.24) is 9.13 Å². The van der Waals surface area contributed by atoms with Crippen molar-refractivity contribution in [2.45, 2.75) is 33.4 Å². The summed E-state index contributed by atoms with van der Waals surface area (Å²) in [5.74, 6) is -0.462. The zero-order valence-corrected chi connectivity index (χ0v) is 24.5. The van der Waals surface area contributed by atoms with Crippen LogP contribution >= 0.6 is 22.9 Å². The molecular formula is C33H28ClN3O3S. The third-order valence-corrected chi connectivity index (χ3v) is 8.67. The summed E-state index contributed by atoms with van der Waals surface area (Å²) in [5, 5.41) is 1.74. The normalized spacial score (nSPS) is 15.2. The van der Waals surface area contributed by atoms with Gasteiger partial charge in [-0.25, -0.2) is 9.79 Å². The molecule has 0 radical (unpaired) electrons. The van der Waals surface area contributed by atoms with Crippen LogP contribution in [0.1, 0.15) is 42.1 Å². The molecule has 0 amide bonds. The number of allylic oxidation sites excluding steroid dienone is 1. The number of ether oxygens (including phenoxy) is 1. The van der Waals surface area contributed by atoms with Gasteiger partial charge in [-0.2, -0.15) is 0 Å². The first kappa shape index (κ1) is 27.0. The number of aryl methyl sites for hydroxylation is 1. The summed E-state index contributed by atoms with van der Waals surface area (Å²) in [6.07, 6.45) is 3.98. The molecule has 0 N–H and O–H groups in total. The molecule has 0 saturated carbocycles. The first-order valence-corrected chi connectivity index (χ1v) is 14.6. The van der Waals surface area contributed by atoms with Crippen molar-refractivity contribution in [2.75, 3.05) is 6.61 Å². The van der Waals surface area contributed by atoms with Crippen molar-refractivity contribution in [2.24, 2.45) is 4.99 Å². The summed E-state index contributed by atoms with van der Waals surface area (Å²) in [5.41, 5.74) is 5.64. The average molecular weight is 582 g/mol. The monoisotopic (exact) mass is 581 g/mol. The molecule has 0 bridgehead atoms. The lowest BCUT2D eigenvalue weighted by atomic mass is 9.95. The lowest BCUT2D eigenvalue weighted by Gasteiger charge is -2.24. The van der Waals surface area contributed by atoms with Crippen LogP contribution < -0.4 is 14.9 Å². The van der Waals surface area contributed by atoms with E-state index in [-0.39, 0.29) is 12.2 Å². The number of carbonyl (C=O) groups is 1. The van der Waals surface area contributed by atoms with E-state index < -0.39 is 12.0 Å². The number of rotatable bonds is 6. The minimum absolute atomic E-state index is 0.198. The summed E-state index contributed by atoms with van der Waals surface area (Å²) in [6, 6.07) is 23.2. The highest BCUT2D eigenvalue weighted by Gasteiger charge is 2.33. The predicted octanol–water partition coefficient (Wildman–Crippen LogP) is 5.76. The Morgan fingerprint density at radius 1 is 1.05 bits per heavy atom. The van der Waals surface area contributed by atoms with Gasteiger partial charge in [-0.1, -0.05) is 89.2 Å². The quantitative estimate of drug-likeness (QED) is 0.239. The summed E-state index contributed by atoms with van der Waals surface area (Å²) >= 11 is 7.79. The maximum absolute atomic E-state index is 14.1. The second-order valence-corrected chi connectivity index (χ2v) is 11.5. The molecule has 1 aliphatic rings. The Balaban J connectivity index is 1.52. The first-order chi connectivity index (χ1) is 19.9. The molecule has 1 aliphatic heterocycles. The van der Waals surface area contributed by atoms with Gasteiger partial charge in [0.2, 0.25) is 0 Å². The maximum Gasteiger partial charge on any atom is 0.338 e. The van der Waals surface area contributed by atoms with Crippen molar-refractivity contribution < 1.29 is 9.53 Å². The number of benzene rings is 3. The number of thiazole rings is 1. The molecule has 0 spiro atoms. The zero-order chi connectivity index (χ0) is 28.7. The molecule has 3 aromatic carbocycles. The van der Waals surface area contributed by atoms with E-state index in [4.69, 9.17) is 21.3 Å². The molecule has 0 unspecified atom stereocenters. The van der Waals surface area contributed by atoms with Crippen molar-refractivity contribution in [3.8, 4) is 0 Å². The number of halogens is 1. The van der Waals surface area contributed by atoms with Gasteiger partial charge >= 0.3 is 5.97 Å². The Morgan fingerprint density at radius 2 is 1.78 bits per heavy atom. The fraction of sp³-hybridized carbons (Fsp3) is 0.182. The number of aromatic nitrogens is 2. The molecule has 0 fully saturated rings. The van der Waals surface area contributed by atoms with Gasteiger partial charge in [0.15, 0.2) is 4.80 Å². The van der Waals surface area contributed by atoms with Crippen molar-refractivity contribution in [1.29, 1.82) is 0 Å². The van der Waals surface area contributed by atoms with Crippen LogP contribution in [0.5, 0.6) is 0 Å². The number of carbonyl (C=O) groups excluding carboxylic acids is 1. The standard InChI is InChI=1S/C33H28ClN3O3S/c1-4-40-32(39)29-21(3)35-33-37(30(29)22-15-13-20(2)14-16-22)31(38)28(41-33)17-24-19-36(27-12-8-6-10-25(24)27)18-23-9-5-7-11-26(23)34/h5-17,19,30H,4,18H2,1-3H3/b28-17-/t30-/m1/s1. The molecular weight excluding hydrogens is 554 g/mol. The van der Waals surface area contributed by atoms with Gasteiger partial charge < -0.3 is 9.30 Å². The number of esters is 1. The van der Waals surface area contributed by atoms with Crippen LogP contribution in [0.25, 0.3) is 17.0 Å². The summed E-state index contributed by atoms with van der Waals surface area (Å²) in [7, 11) is 0. The Bertz CT molecular complexity index is 2020. The van der Waals surface area contributed by atoms with E-state index in [1.165, 1.54) is 11.3 Å². The largest absolute Gasteiger partial charge is 0.463 e. The lowest BCUT2D eigenvalue weighted by Crippen LogP contribution is -2.39. The third kappa shape index (κ3) is 4.96. The van der Waals surface area contributed by atoms with E-state index in [1.807, 2.05) is 73.7 Å². The second kappa shape index (κ2) is 11.0. The van der Waals surface area contributed by atoms with Gasteiger partial charge in [0.25, 0.3) is 5.56 Å². The second-order valence-electron chi connectivity index (χ2n) is 10.0. The van der Waals surface area contributed by atoms with Crippen LogP contribution in [0, 0.1) is 6.92 Å². The Labute approximate surface area is 246 Å². The Hall–Kier alpha value is -4.20. The molecule has 5 aromatic rings. The molecule has 0 saturated heterocycles. The zero-order valence-electron chi connectivity index (χ0n) is 22.9. The molecule has 206 valence electrons. The molecule has 2 aromatic heterocycles. The maximum atomic E-state index is 14.1. The van der Waals surface area contributed by atoms with Crippen molar-refractivity contribution in [3.63, 3.8) is 0 Å². The molecule has 41 heavy (non-hydrogen) atoms. The van der Waals surface area contributed by atoms with E-state index >= 15 is 0 Å². The van der Waals surface area contributed by atoms with Gasteiger partial charge in [0.1, 0.15) is 0 Å². The SMILES string of the molecule is CCOC(=O)C1=C(C)N=c2s/c(=C\c3cn(Cc4ccccc4Cl)c4ccccc34)c(=O)n2[C@@H]1c1ccc(C)cc1. The molecule has 8 heteroatoms. The van der Waals surface area contributed by atoms with Crippen LogP contribution in [0.3, 0.4) is 0 Å². The minimum Gasteiger partial charge on any atom is -0.463 e. The van der Waals surface area contributed by atoms with E-state index in [0.717, 1.165) is 33.2 Å². The van der Waals surface area contributed by atoms with Crippen LogP contribution in [0.4, 0.5) is 0 Å². The number of para-hydroxylation sites is 1. The van der Waals surface area contributed by atoms with Crippen molar-refractivity contribution in [3.05, 3.63) is 137 Å². The smallest absolute Gasteiger partial charge is 0.338 e. The van der Waals surface area contributed by atoms with Gasteiger partial charge in [0, 0.05) is 34.2 Å². The Morgan fingerprint density at radius 3 is 2.54 bits per heavy atom. The lowest BCUT2D eigenvalue weighted by molar-refractivity contribution is -0.139. The topological polar surface area (TPSA) is 65.6 Å². The van der Waals surface area contributed by atoms with Crippen LogP contribution in [0.2, 0.25) is 5.02 Å². The van der Waals surface area contributed by atoms with E-state index in [0.29, 0.717) is 32.2 Å².